The fourth-order valence-corrected chi connectivity index (χ4v) is 17.3. The van der Waals surface area contributed by atoms with Gasteiger partial charge in [-0.3, -0.25) is 9.59 Å². The van der Waals surface area contributed by atoms with Crippen LogP contribution in [0.25, 0.3) is 0 Å². The second-order valence-electron chi connectivity index (χ2n) is 35.3. The first-order valence-electron chi connectivity index (χ1n) is 48.4. The normalized spacial score (nSPS) is 24.8. The quantitative estimate of drug-likeness (QED) is 0.0252. The summed E-state index contributed by atoms with van der Waals surface area (Å²) in [5, 5.41) is 137. The Bertz CT molecular complexity index is 2280. The van der Waals surface area contributed by atoms with Gasteiger partial charge in [-0.1, -0.05) is 406 Å². The van der Waals surface area contributed by atoms with E-state index < -0.39 is 148 Å². The van der Waals surface area contributed by atoms with Crippen LogP contribution >= 0.6 is 0 Å². The molecule has 0 aromatic heterocycles. The zero-order chi connectivity index (χ0) is 84.5. The molecule has 0 aliphatic carbocycles. The van der Waals surface area contributed by atoms with Crippen molar-refractivity contribution in [2.45, 2.75) is 548 Å². The number of unbranched alkanes of at least 4 members (excludes halogenated alkanes) is 60. The molecule has 3 aliphatic heterocycles. The van der Waals surface area contributed by atoms with E-state index in [2.05, 4.69) is 24.5 Å². The van der Waals surface area contributed by atoms with Crippen LogP contribution in [0.2, 0.25) is 0 Å². The first-order chi connectivity index (χ1) is 56.4. The summed E-state index contributed by atoms with van der Waals surface area (Å²) in [6.07, 6.45) is 52.7. The van der Waals surface area contributed by atoms with Crippen LogP contribution in [0.5, 0.6) is 0 Å². The number of nitrogens with one attached hydrogen (secondary N) is 2. The van der Waals surface area contributed by atoms with Crippen LogP contribution in [0.15, 0.2) is 0 Å². The van der Waals surface area contributed by atoms with Gasteiger partial charge in [-0.05, 0) is 12.8 Å². The van der Waals surface area contributed by atoms with Crippen molar-refractivity contribution in [1.29, 1.82) is 0 Å². The van der Waals surface area contributed by atoms with Crippen LogP contribution in [0, 0.1) is 0 Å². The summed E-state index contributed by atoms with van der Waals surface area (Å²) in [5.41, 5.74) is 0. The molecular weight excluding hydrogens is 1480 g/mol. The smallest absolute Gasteiger partial charge is 0.364 e. The predicted octanol–water partition coefficient (Wildman–Crippen LogP) is 16.7. The number of aliphatic hydroxyl groups is 11. The van der Waals surface area contributed by atoms with Gasteiger partial charge in [0.25, 0.3) is 5.79 Å². The number of hydrogen-bond acceptors (Lipinski definition) is 20. The van der Waals surface area contributed by atoms with E-state index in [-0.39, 0.29) is 18.9 Å². The maximum atomic E-state index is 13.6. The number of rotatable bonds is 80. The summed E-state index contributed by atoms with van der Waals surface area (Å²) in [6.45, 7) is 2.31. The number of amides is 2. The molecule has 18 atom stereocenters. The van der Waals surface area contributed by atoms with Crippen molar-refractivity contribution >= 4 is 17.8 Å². The second-order valence-corrected chi connectivity index (χ2v) is 35.3. The molecule has 0 aromatic carbocycles. The van der Waals surface area contributed by atoms with Gasteiger partial charge in [0, 0.05) is 19.8 Å². The van der Waals surface area contributed by atoms with E-state index in [1.165, 1.54) is 340 Å². The van der Waals surface area contributed by atoms with Gasteiger partial charge in [-0.25, -0.2) is 4.79 Å². The molecule has 686 valence electrons. The molecule has 0 spiro atoms. The largest absolute Gasteiger partial charge is 0.477 e. The SMILES string of the molecule is CCCCCCCCCCCCCCCCCCCCCCCCCCCCCCCCCCCCCCCC(=O)NC(COC1OC(CO)C(OC2OC(CO)C(O)C(OC3(C(=O)O)CC(O)C(NC(C)=O)C(C(O)C(O)CO)O3)C2O)C(O)C1O)C(O)CCCCCCCCCCCCCCCCCCCCCCCCCCC. The highest BCUT2D eigenvalue weighted by Gasteiger charge is 2.60. The molecule has 116 heavy (non-hydrogen) atoms. The highest BCUT2D eigenvalue weighted by atomic mass is 16.8. The van der Waals surface area contributed by atoms with Gasteiger partial charge < -0.3 is 100 Å². The minimum Gasteiger partial charge on any atom is -0.477 e. The number of aliphatic hydroxyl groups excluding tert-OH is 11. The lowest BCUT2D eigenvalue weighted by atomic mass is 9.88. The first-order valence-corrected chi connectivity index (χ1v) is 48.4. The molecule has 3 aliphatic rings. The number of hydrogen-bond donors (Lipinski definition) is 14. The van der Waals surface area contributed by atoms with E-state index in [1.807, 2.05) is 0 Å². The Kier molecular flexibility index (Phi) is 66.1. The molecule has 3 rings (SSSR count). The second kappa shape index (κ2) is 71.1. The molecule has 2 amide bonds. The Balaban J connectivity index is 1.40. The molecule has 18 unspecified atom stereocenters. The van der Waals surface area contributed by atoms with Crippen molar-refractivity contribution in [1.82, 2.24) is 10.6 Å². The monoisotopic (exact) mass is 1660 g/mol. The third-order valence-corrected chi connectivity index (χ3v) is 24.8. The van der Waals surface area contributed by atoms with Gasteiger partial charge in [0.1, 0.15) is 67.1 Å². The average molecular weight is 1660 g/mol. The van der Waals surface area contributed by atoms with Crippen LogP contribution in [0.4, 0.5) is 0 Å². The minimum absolute atomic E-state index is 0.230. The van der Waals surface area contributed by atoms with Gasteiger partial charge >= 0.3 is 5.97 Å². The summed E-state index contributed by atoms with van der Waals surface area (Å²) in [7, 11) is 0. The van der Waals surface area contributed by atoms with Crippen LogP contribution in [-0.2, 0) is 42.8 Å². The molecule has 14 N–H and O–H groups in total. The minimum atomic E-state index is -3.08. The molecule has 3 fully saturated rings. The average Bonchev–Trinajstić information content (AvgIpc) is 0.754. The van der Waals surface area contributed by atoms with E-state index in [9.17, 15) is 75.7 Å². The standard InChI is InChI=1S/C93H178N2O21/c1-4-6-8-10-12-14-16-18-20-22-24-26-28-30-31-32-33-34-35-36-37-38-39-40-41-43-45-47-49-51-53-55-57-59-61-63-65-67-80(103)95-74(75(100)66-64-62-60-58-56-54-52-50-48-46-44-42-29-27-25-23-21-19-17-15-13-11-9-7-5-2)72-111-90-85(107)84(106)87(79(71-98)113-90)114-91-86(108)89(83(105)78(70-97)112-91)116-93(92(109)110)68-76(101)81(94-73(3)99)88(115-93)82(104)77(102)69-96/h74-79,81-91,96-98,100-102,104-108H,4-72H2,1-3H3,(H,94,99)(H,95,103)(H,109,110). The molecule has 0 saturated carbocycles. The van der Waals surface area contributed by atoms with E-state index in [0.29, 0.717) is 19.3 Å². The number of ether oxygens (including phenoxy) is 6. The molecule has 0 bridgehead atoms. The summed E-state index contributed by atoms with van der Waals surface area (Å²) >= 11 is 0. The lowest BCUT2D eigenvalue weighted by Gasteiger charge is -2.50. The Labute approximate surface area is 703 Å². The third-order valence-electron chi connectivity index (χ3n) is 24.8. The maximum Gasteiger partial charge on any atom is 0.364 e. The summed E-state index contributed by atoms with van der Waals surface area (Å²) in [4.78, 5) is 38.9. The van der Waals surface area contributed by atoms with E-state index in [1.54, 1.807) is 0 Å². The Morgan fingerprint density at radius 2 is 0.750 bits per heavy atom. The molecule has 23 nitrogen and oxygen atoms in total. The Morgan fingerprint density at radius 1 is 0.414 bits per heavy atom. The van der Waals surface area contributed by atoms with Crippen molar-refractivity contribution < 1.29 is 104 Å². The molecule has 3 heterocycles. The molecule has 0 radical (unpaired) electrons. The Hall–Kier alpha value is -2.27. The third kappa shape index (κ3) is 48.7. The highest BCUT2D eigenvalue weighted by molar-refractivity contribution is 5.77. The van der Waals surface area contributed by atoms with Crippen molar-refractivity contribution in [3.05, 3.63) is 0 Å². The van der Waals surface area contributed by atoms with Crippen molar-refractivity contribution in [2.75, 3.05) is 26.4 Å². The topological polar surface area (TPSA) is 373 Å². The molecule has 3 saturated heterocycles. The van der Waals surface area contributed by atoms with Gasteiger partial charge in [0.15, 0.2) is 12.6 Å². The zero-order valence-electron chi connectivity index (χ0n) is 73.6. The molecular formula is C93H178N2O21. The summed E-state index contributed by atoms with van der Waals surface area (Å²) in [6, 6.07) is -2.53. The fraction of sp³-hybridized carbons (Fsp3) is 0.968. The van der Waals surface area contributed by atoms with Gasteiger partial charge in [-0.2, -0.15) is 0 Å². The van der Waals surface area contributed by atoms with Crippen LogP contribution in [0.3, 0.4) is 0 Å². The lowest BCUT2D eigenvalue weighted by molar-refractivity contribution is -0.386. The predicted molar refractivity (Wildman–Crippen MR) is 459 cm³/mol. The van der Waals surface area contributed by atoms with E-state index >= 15 is 0 Å². The summed E-state index contributed by atoms with van der Waals surface area (Å²) in [5.74, 6) is -6.08. The molecule has 23 heteroatoms. The van der Waals surface area contributed by atoms with Crippen molar-refractivity contribution in [3.63, 3.8) is 0 Å². The number of carboxylic acid groups (broad SMARTS) is 1. The van der Waals surface area contributed by atoms with Gasteiger partial charge in [0.05, 0.1) is 50.7 Å². The van der Waals surface area contributed by atoms with Crippen LogP contribution < -0.4 is 10.6 Å². The zero-order valence-corrected chi connectivity index (χ0v) is 73.6. The highest BCUT2D eigenvalue weighted by Crippen LogP contribution is 2.39. The van der Waals surface area contributed by atoms with E-state index in [0.717, 1.165) is 51.9 Å². The number of carbonyl (C=O) groups is 3. The lowest BCUT2D eigenvalue weighted by Crippen LogP contribution is -2.70. The first kappa shape index (κ1) is 108. The van der Waals surface area contributed by atoms with Crippen LogP contribution in [-0.4, -0.2) is 215 Å². The van der Waals surface area contributed by atoms with E-state index in [4.69, 9.17) is 28.4 Å². The Morgan fingerprint density at radius 3 is 1.08 bits per heavy atom. The maximum absolute atomic E-state index is 13.6. The number of aliphatic carboxylic acids is 1. The van der Waals surface area contributed by atoms with Crippen molar-refractivity contribution in [3.8, 4) is 0 Å². The summed E-state index contributed by atoms with van der Waals surface area (Å²) < 4.78 is 35.1. The fourth-order valence-electron chi connectivity index (χ4n) is 17.3. The number of carboxylic acids is 1. The molecule has 0 aromatic rings. The van der Waals surface area contributed by atoms with Gasteiger partial charge in [0.2, 0.25) is 11.8 Å². The van der Waals surface area contributed by atoms with Crippen molar-refractivity contribution in [2.24, 2.45) is 0 Å². The number of carbonyl (C=O) groups excluding carboxylic acids is 2. The van der Waals surface area contributed by atoms with Gasteiger partial charge in [-0.15, -0.1) is 0 Å². The van der Waals surface area contributed by atoms with Crippen LogP contribution in [0.1, 0.15) is 438 Å².